The number of hydrogen-bond donors (Lipinski definition) is 0. The summed E-state index contributed by atoms with van der Waals surface area (Å²) in [6.07, 6.45) is 1.67. The zero-order chi connectivity index (χ0) is 12.3. The molecule has 17 heavy (non-hydrogen) atoms. The summed E-state index contributed by atoms with van der Waals surface area (Å²) in [5.74, 6) is 0.322. The first kappa shape index (κ1) is 11.4. The van der Waals surface area contributed by atoms with Crippen LogP contribution in [0.15, 0.2) is 18.3 Å². The van der Waals surface area contributed by atoms with Crippen LogP contribution in [0.5, 0.6) is 5.75 Å². The number of esters is 1. The van der Waals surface area contributed by atoms with Gasteiger partial charge in [-0.1, -0.05) is 0 Å². The fourth-order valence-electron chi connectivity index (χ4n) is 1.46. The van der Waals surface area contributed by atoms with E-state index >= 15 is 0 Å². The van der Waals surface area contributed by atoms with Crippen molar-refractivity contribution in [2.45, 2.75) is 13.8 Å². The molecule has 0 radical (unpaired) electrons. The van der Waals surface area contributed by atoms with Crippen LogP contribution < -0.4 is 4.74 Å². The minimum Gasteiger partial charge on any atom is -0.492 e. The molecule has 0 bridgehead atoms. The molecule has 2 rings (SSSR count). The molecule has 0 N–H and O–H groups in total. The van der Waals surface area contributed by atoms with Gasteiger partial charge < -0.3 is 9.47 Å². The predicted octanol–water partition coefficient (Wildman–Crippen LogP) is 1.30. The predicted molar refractivity (Wildman–Crippen MR) is 60.1 cm³/mol. The first-order valence-electron chi connectivity index (χ1n) is 5.41. The van der Waals surface area contributed by atoms with Gasteiger partial charge in [-0.3, -0.25) is 4.40 Å². The Balaban J connectivity index is 2.42. The Morgan fingerprint density at radius 2 is 2.12 bits per heavy atom. The van der Waals surface area contributed by atoms with E-state index < -0.39 is 5.97 Å². The first-order chi connectivity index (χ1) is 8.26. The summed E-state index contributed by atoms with van der Waals surface area (Å²) in [6.45, 7) is 4.50. The van der Waals surface area contributed by atoms with E-state index in [9.17, 15) is 4.79 Å². The molecule has 2 aromatic rings. The lowest BCUT2D eigenvalue weighted by molar-refractivity contribution is 0.0510. The van der Waals surface area contributed by atoms with E-state index in [0.717, 1.165) is 0 Å². The summed E-state index contributed by atoms with van der Waals surface area (Å²) < 4.78 is 11.8. The number of fused-ring (bicyclic) bond motifs is 1. The molecular weight excluding hydrogens is 222 g/mol. The van der Waals surface area contributed by atoms with E-state index in [2.05, 4.69) is 10.2 Å². The lowest BCUT2D eigenvalue weighted by Crippen LogP contribution is -2.09. The molecule has 0 unspecified atom stereocenters. The second-order valence-corrected chi connectivity index (χ2v) is 3.27. The number of pyridine rings is 1. The molecule has 2 aromatic heterocycles. The van der Waals surface area contributed by atoms with Crippen LogP contribution in [0.25, 0.3) is 5.65 Å². The van der Waals surface area contributed by atoms with Crippen molar-refractivity contribution in [3.05, 3.63) is 24.2 Å². The number of carbonyl (C=O) groups is 1. The van der Waals surface area contributed by atoms with E-state index in [1.54, 1.807) is 29.7 Å². The number of aromatic nitrogens is 3. The van der Waals surface area contributed by atoms with Crippen LogP contribution in [0, 0.1) is 0 Å². The summed E-state index contributed by atoms with van der Waals surface area (Å²) >= 11 is 0. The van der Waals surface area contributed by atoms with Gasteiger partial charge in [0, 0.05) is 0 Å². The first-order valence-corrected chi connectivity index (χ1v) is 5.41. The van der Waals surface area contributed by atoms with E-state index in [0.29, 0.717) is 24.6 Å². The zero-order valence-electron chi connectivity index (χ0n) is 9.71. The molecule has 0 amide bonds. The van der Waals surface area contributed by atoms with Crippen molar-refractivity contribution in [2.75, 3.05) is 13.2 Å². The molecule has 0 aliphatic carbocycles. The molecule has 0 spiro atoms. The Kier molecular flexibility index (Phi) is 3.22. The van der Waals surface area contributed by atoms with Crippen molar-refractivity contribution < 1.29 is 14.3 Å². The minimum absolute atomic E-state index is 0.156. The normalized spacial score (nSPS) is 10.5. The van der Waals surface area contributed by atoms with Gasteiger partial charge in [-0.25, -0.2) is 4.79 Å². The summed E-state index contributed by atoms with van der Waals surface area (Å²) in [5.41, 5.74) is 0.580. The van der Waals surface area contributed by atoms with Gasteiger partial charge in [0.05, 0.1) is 19.4 Å². The van der Waals surface area contributed by atoms with E-state index in [-0.39, 0.29) is 5.82 Å². The highest BCUT2D eigenvalue weighted by Crippen LogP contribution is 2.14. The molecule has 0 aliphatic rings. The third kappa shape index (κ3) is 2.20. The molecule has 2 heterocycles. The smallest absolute Gasteiger partial charge is 0.376 e. The monoisotopic (exact) mass is 235 g/mol. The van der Waals surface area contributed by atoms with Crippen molar-refractivity contribution in [2.24, 2.45) is 0 Å². The van der Waals surface area contributed by atoms with Gasteiger partial charge in [-0.05, 0) is 26.0 Å². The van der Waals surface area contributed by atoms with Crippen LogP contribution in [0.3, 0.4) is 0 Å². The van der Waals surface area contributed by atoms with Crippen molar-refractivity contribution >= 4 is 11.6 Å². The fraction of sp³-hybridized carbons (Fsp3) is 0.364. The molecule has 90 valence electrons. The van der Waals surface area contributed by atoms with Crippen LogP contribution in [0.1, 0.15) is 24.5 Å². The lowest BCUT2D eigenvalue weighted by atomic mass is 10.4. The standard InChI is InChI=1S/C11H13N3O3/c1-3-16-8-5-6-9-12-13-10(14(9)7-8)11(15)17-4-2/h5-7H,3-4H2,1-2H3. The molecule has 0 fully saturated rings. The number of carbonyl (C=O) groups excluding carboxylic acids is 1. The average Bonchev–Trinajstić information content (AvgIpc) is 2.73. The molecule has 0 saturated carbocycles. The lowest BCUT2D eigenvalue weighted by Gasteiger charge is -2.04. The Bertz CT molecular complexity index is 536. The SMILES string of the molecule is CCOC(=O)c1nnc2ccc(OCC)cn12. The topological polar surface area (TPSA) is 65.7 Å². The Morgan fingerprint density at radius 1 is 1.29 bits per heavy atom. The van der Waals surface area contributed by atoms with E-state index in [1.807, 2.05) is 6.92 Å². The molecule has 0 aromatic carbocycles. The molecule has 0 saturated heterocycles. The summed E-state index contributed by atoms with van der Waals surface area (Å²) in [6, 6.07) is 3.52. The largest absolute Gasteiger partial charge is 0.492 e. The summed E-state index contributed by atoms with van der Waals surface area (Å²) in [5, 5.41) is 7.68. The molecule has 6 heteroatoms. The minimum atomic E-state index is -0.492. The van der Waals surface area contributed by atoms with Crippen LogP contribution in [-0.2, 0) is 4.74 Å². The summed E-state index contributed by atoms with van der Waals surface area (Å²) in [4.78, 5) is 11.6. The quantitative estimate of drug-likeness (QED) is 0.747. The Hall–Kier alpha value is -2.11. The molecule has 6 nitrogen and oxygen atoms in total. The number of hydrogen-bond acceptors (Lipinski definition) is 5. The third-order valence-corrected chi connectivity index (χ3v) is 2.14. The number of rotatable bonds is 4. The second-order valence-electron chi connectivity index (χ2n) is 3.27. The van der Waals surface area contributed by atoms with Crippen LogP contribution >= 0.6 is 0 Å². The number of nitrogens with zero attached hydrogens (tertiary/aromatic N) is 3. The molecule has 0 aliphatic heterocycles. The third-order valence-electron chi connectivity index (χ3n) is 2.14. The van der Waals surface area contributed by atoms with Gasteiger partial charge in [0.1, 0.15) is 5.75 Å². The van der Waals surface area contributed by atoms with Crippen molar-refractivity contribution in [3.8, 4) is 5.75 Å². The summed E-state index contributed by atoms with van der Waals surface area (Å²) in [7, 11) is 0. The Morgan fingerprint density at radius 3 is 2.82 bits per heavy atom. The second kappa shape index (κ2) is 4.82. The average molecular weight is 235 g/mol. The molecule has 0 atom stereocenters. The van der Waals surface area contributed by atoms with E-state index in [4.69, 9.17) is 9.47 Å². The van der Waals surface area contributed by atoms with Crippen LogP contribution in [0.2, 0.25) is 0 Å². The number of ether oxygens (including phenoxy) is 2. The van der Waals surface area contributed by atoms with Crippen molar-refractivity contribution in [1.29, 1.82) is 0 Å². The van der Waals surface area contributed by atoms with Crippen LogP contribution in [0.4, 0.5) is 0 Å². The maximum atomic E-state index is 11.6. The van der Waals surface area contributed by atoms with Gasteiger partial charge in [0.2, 0.25) is 5.82 Å². The molecular formula is C11H13N3O3. The Labute approximate surface area is 98.2 Å². The van der Waals surface area contributed by atoms with Gasteiger partial charge in [0.15, 0.2) is 5.65 Å². The highest BCUT2D eigenvalue weighted by Gasteiger charge is 2.15. The van der Waals surface area contributed by atoms with Gasteiger partial charge in [-0.15, -0.1) is 10.2 Å². The maximum absolute atomic E-state index is 11.6. The van der Waals surface area contributed by atoms with Crippen molar-refractivity contribution in [3.63, 3.8) is 0 Å². The van der Waals surface area contributed by atoms with Crippen LogP contribution in [-0.4, -0.2) is 33.8 Å². The van der Waals surface area contributed by atoms with Gasteiger partial charge >= 0.3 is 5.97 Å². The maximum Gasteiger partial charge on any atom is 0.376 e. The van der Waals surface area contributed by atoms with E-state index in [1.165, 1.54) is 0 Å². The van der Waals surface area contributed by atoms with Gasteiger partial charge in [0.25, 0.3) is 0 Å². The van der Waals surface area contributed by atoms with Gasteiger partial charge in [-0.2, -0.15) is 0 Å². The fourth-order valence-corrected chi connectivity index (χ4v) is 1.46. The highest BCUT2D eigenvalue weighted by atomic mass is 16.5. The highest BCUT2D eigenvalue weighted by molar-refractivity contribution is 5.86. The zero-order valence-corrected chi connectivity index (χ0v) is 9.71. The van der Waals surface area contributed by atoms with Crippen molar-refractivity contribution in [1.82, 2.24) is 14.6 Å².